The van der Waals surface area contributed by atoms with Crippen molar-refractivity contribution in [2.24, 2.45) is 4.99 Å². The van der Waals surface area contributed by atoms with E-state index in [0.29, 0.717) is 10.6 Å². The van der Waals surface area contributed by atoms with Gasteiger partial charge in [-0.15, -0.1) is 0 Å². The second kappa shape index (κ2) is 5.77. The highest BCUT2D eigenvalue weighted by molar-refractivity contribution is 7.90. The number of nitrogens with zero attached hydrogens (tertiary/aromatic N) is 1. The zero-order valence-electron chi connectivity index (χ0n) is 11.2. The van der Waals surface area contributed by atoms with Gasteiger partial charge < -0.3 is 0 Å². The highest BCUT2D eigenvalue weighted by Crippen LogP contribution is 2.18. The maximum atomic E-state index is 11.3. The van der Waals surface area contributed by atoms with Crippen LogP contribution in [-0.4, -0.2) is 20.9 Å². The number of halogens is 1. The van der Waals surface area contributed by atoms with Gasteiger partial charge in [-0.25, -0.2) is 8.42 Å². The van der Waals surface area contributed by atoms with Crippen LogP contribution in [0.5, 0.6) is 0 Å². The first-order valence-corrected chi connectivity index (χ1v) is 8.23. The fourth-order valence-electron chi connectivity index (χ4n) is 1.68. The highest BCUT2D eigenvalue weighted by Gasteiger charge is 2.05. The number of benzene rings is 2. The Morgan fingerprint density at radius 3 is 2.30 bits per heavy atom. The SMILES string of the molecule is Cc1cc(C=Nc2ccc(S(C)(=O)=O)cc2)ccc1Cl. The molecule has 0 aliphatic heterocycles. The predicted molar refractivity (Wildman–Crippen MR) is 83.0 cm³/mol. The molecule has 0 amide bonds. The van der Waals surface area contributed by atoms with Gasteiger partial charge in [0.15, 0.2) is 9.84 Å². The van der Waals surface area contributed by atoms with E-state index in [-0.39, 0.29) is 0 Å². The van der Waals surface area contributed by atoms with E-state index in [0.717, 1.165) is 16.1 Å². The maximum Gasteiger partial charge on any atom is 0.175 e. The summed E-state index contributed by atoms with van der Waals surface area (Å²) < 4.78 is 22.7. The van der Waals surface area contributed by atoms with Crippen LogP contribution < -0.4 is 0 Å². The molecule has 0 spiro atoms. The van der Waals surface area contributed by atoms with Crippen molar-refractivity contribution in [3.63, 3.8) is 0 Å². The highest BCUT2D eigenvalue weighted by atomic mass is 35.5. The fourth-order valence-corrected chi connectivity index (χ4v) is 2.42. The fraction of sp³-hybridized carbons (Fsp3) is 0.133. The molecular formula is C15H14ClNO2S. The van der Waals surface area contributed by atoms with E-state index in [9.17, 15) is 8.42 Å². The lowest BCUT2D eigenvalue weighted by atomic mass is 10.1. The summed E-state index contributed by atoms with van der Waals surface area (Å²) in [7, 11) is -3.16. The van der Waals surface area contributed by atoms with Crippen molar-refractivity contribution in [1.29, 1.82) is 0 Å². The second-order valence-corrected chi connectivity index (χ2v) is 6.96. The van der Waals surface area contributed by atoms with Crippen LogP contribution in [0.25, 0.3) is 0 Å². The minimum Gasteiger partial charge on any atom is -0.256 e. The average Bonchev–Trinajstić information content (AvgIpc) is 2.40. The normalized spacial score (nSPS) is 11.9. The maximum absolute atomic E-state index is 11.3. The molecule has 104 valence electrons. The van der Waals surface area contributed by atoms with Gasteiger partial charge in [-0.1, -0.05) is 17.7 Å². The van der Waals surface area contributed by atoms with Crippen molar-refractivity contribution in [2.45, 2.75) is 11.8 Å². The number of aliphatic imine (C=N–C) groups is 1. The van der Waals surface area contributed by atoms with E-state index in [1.165, 1.54) is 6.26 Å². The molecule has 20 heavy (non-hydrogen) atoms. The van der Waals surface area contributed by atoms with Gasteiger partial charge in [-0.2, -0.15) is 0 Å². The molecule has 5 heteroatoms. The molecule has 0 aliphatic rings. The lowest BCUT2D eigenvalue weighted by molar-refractivity contribution is 0.602. The molecule has 0 radical (unpaired) electrons. The summed E-state index contributed by atoms with van der Waals surface area (Å²) in [5, 5.41) is 0.722. The third kappa shape index (κ3) is 3.68. The molecule has 0 heterocycles. The Morgan fingerprint density at radius 2 is 1.75 bits per heavy atom. The largest absolute Gasteiger partial charge is 0.256 e. The smallest absolute Gasteiger partial charge is 0.175 e. The number of hydrogen-bond acceptors (Lipinski definition) is 3. The molecule has 2 aromatic rings. The molecule has 0 saturated carbocycles. The van der Waals surface area contributed by atoms with Gasteiger partial charge in [-0.05, 0) is 54.4 Å². The van der Waals surface area contributed by atoms with Crippen molar-refractivity contribution >= 4 is 33.3 Å². The first-order chi connectivity index (χ1) is 9.36. The van der Waals surface area contributed by atoms with Crippen molar-refractivity contribution < 1.29 is 8.42 Å². The van der Waals surface area contributed by atoms with Crippen molar-refractivity contribution in [3.8, 4) is 0 Å². The van der Waals surface area contributed by atoms with E-state index in [2.05, 4.69) is 4.99 Å². The topological polar surface area (TPSA) is 46.5 Å². The Kier molecular flexibility index (Phi) is 4.26. The summed E-state index contributed by atoms with van der Waals surface area (Å²) in [6.07, 6.45) is 2.90. The molecule has 0 N–H and O–H groups in total. The molecule has 0 aromatic heterocycles. The van der Waals surface area contributed by atoms with Gasteiger partial charge in [0.2, 0.25) is 0 Å². The van der Waals surface area contributed by atoms with E-state index in [1.54, 1.807) is 30.5 Å². The summed E-state index contributed by atoms with van der Waals surface area (Å²) >= 11 is 5.96. The molecule has 3 nitrogen and oxygen atoms in total. The minimum absolute atomic E-state index is 0.291. The van der Waals surface area contributed by atoms with Crippen LogP contribution in [0.4, 0.5) is 5.69 Å². The van der Waals surface area contributed by atoms with E-state index in [4.69, 9.17) is 11.6 Å². The summed E-state index contributed by atoms with van der Waals surface area (Å²) in [5.74, 6) is 0. The third-order valence-corrected chi connectivity index (χ3v) is 4.36. The van der Waals surface area contributed by atoms with E-state index < -0.39 is 9.84 Å². The van der Waals surface area contributed by atoms with Crippen molar-refractivity contribution in [3.05, 3.63) is 58.6 Å². The van der Waals surface area contributed by atoms with Gasteiger partial charge in [0.05, 0.1) is 10.6 Å². The molecule has 0 saturated heterocycles. The van der Waals surface area contributed by atoms with Gasteiger partial charge in [-0.3, -0.25) is 4.99 Å². The first-order valence-electron chi connectivity index (χ1n) is 5.96. The second-order valence-electron chi connectivity index (χ2n) is 4.53. The van der Waals surface area contributed by atoms with Crippen LogP contribution in [-0.2, 0) is 9.84 Å². The van der Waals surface area contributed by atoms with Crippen molar-refractivity contribution in [2.75, 3.05) is 6.26 Å². The predicted octanol–water partition coefficient (Wildman–Crippen LogP) is 3.80. The number of aryl methyl sites for hydroxylation is 1. The lowest BCUT2D eigenvalue weighted by Crippen LogP contribution is -1.95. The molecular weight excluding hydrogens is 294 g/mol. The summed E-state index contributed by atoms with van der Waals surface area (Å²) in [6.45, 7) is 1.93. The van der Waals surface area contributed by atoms with Crippen LogP contribution in [0, 0.1) is 6.92 Å². The van der Waals surface area contributed by atoms with E-state index >= 15 is 0 Å². The Morgan fingerprint density at radius 1 is 1.10 bits per heavy atom. The minimum atomic E-state index is -3.16. The Hall–Kier alpha value is -1.65. The zero-order chi connectivity index (χ0) is 14.8. The van der Waals surface area contributed by atoms with Crippen LogP contribution in [0.1, 0.15) is 11.1 Å². The number of rotatable bonds is 3. The van der Waals surface area contributed by atoms with Gasteiger partial charge in [0, 0.05) is 17.5 Å². The van der Waals surface area contributed by atoms with Gasteiger partial charge in [0.25, 0.3) is 0 Å². The Balaban J connectivity index is 2.21. The van der Waals surface area contributed by atoms with Crippen LogP contribution >= 0.6 is 11.6 Å². The zero-order valence-corrected chi connectivity index (χ0v) is 12.7. The Bertz CT molecular complexity index is 750. The van der Waals surface area contributed by atoms with Crippen LogP contribution in [0.2, 0.25) is 5.02 Å². The first kappa shape index (κ1) is 14.8. The molecule has 0 atom stereocenters. The third-order valence-electron chi connectivity index (χ3n) is 2.81. The standard InChI is InChI=1S/C15H14ClNO2S/c1-11-9-12(3-8-15(11)16)10-17-13-4-6-14(7-5-13)20(2,18)19/h3-10H,1-2H3. The number of hydrogen-bond donors (Lipinski definition) is 0. The molecule has 2 aromatic carbocycles. The van der Waals surface area contributed by atoms with Crippen molar-refractivity contribution in [1.82, 2.24) is 0 Å². The molecule has 0 aliphatic carbocycles. The molecule has 0 bridgehead atoms. The lowest BCUT2D eigenvalue weighted by Gasteiger charge is -2.00. The van der Waals surface area contributed by atoms with Crippen LogP contribution in [0.15, 0.2) is 52.4 Å². The molecule has 2 rings (SSSR count). The van der Waals surface area contributed by atoms with E-state index in [1.807, 2.05) is 25.1 Å². The average molecular weight is 308 g/mol. The summed E-state index contributed by atoms with van der Waals surface area (Å²) in [5.41, 5.74) is 2.63. The number of sulfone groups is 1. The van der Waals surface area contributed by atoms with Gasteiger partial charge >= 0.3 is 0 Å². The summed E-state index contributed by atoms with van der Waals surface area (Å²) in [6, 6.07) is 12.1. The summed E-state index contributed by atoms with van der Waals surface area (Å²) in [4.78, 5) is 4.60. The Labute approximate surface area is 123 Å². The quantitative estimate of drug-likeness (QED) is 0.810. The molecule has 0 fully saturated rings. The van der Waals surface area contributed by atoms with Gasteiger partial charge in [0.1, 0.15) is 0 Å². The van der Waals surface area contributed by atoms with Crippen LogP contribution in [0.3, 0.4) is 0 Å². The monoisotopic (exact) mass is 307 g/mol. The molecule has 0 unspecified atom stereocenters.